The Labute approximate surface area is 132 Å². The molecule has 21 heavy (non-hydrogen) atoms. The molecule has 0 spiro atoms. The Morgan fingerprint density at radius 1 is 1.24 bits per heavy atom. The van der Waals surface area contributed by atoms with Crippen LogP contribution in [0.4, 0.5) is 0 Å². The fourth-order valence-electron chi connectivity index (χ4n) is 2.39. The minimum absolute atomic E-state index is 0.729. The Hall–Kier alpha value is -1.72. The number of rotatable bonds is 5. The molecule has 0 bridgehead atoms. The second-order valence-electron chi connectivity index (χ2n) is 4.90. The number of nitrogens with one attached hydrogen (secondary N) is 1. The Morgan fingerprint density at radius 2 is 2.14 bits per heavy atom. The van der Waals surface area contributed by atoms with Gasteiger partial charge in [-0.3, -0.25) is 4.98 Å². The summed E-state index contributed by atoms with van der Waals surface area (Å²) in [4.78, 5) is 8.96. The van der Waals surface area contributed by atoms with Crippen molar-refractivity contribution in [3.05, 3.63) is 58.6 Å². The van der Waals surface area contributed by atoms with Crippen molar-refractivity contribution in [2.45, 2.75) is 20.0 Å². The third-order valence-corrected chi connectivity index (χ3v) is 3.87. The molecular weight excluding hydrogens is 328 g/mol. The highest BCUT2D eigenvalue weighted by Gasteiger charge is 2.09. The molecule has 3 rings (SSSR count). The fraction of sp³-hybridized carbons (Fsp3) is 0.250. The largest absolute Gasteiger partial charge is 0.326 e. The van der Waals surface area contributed by atoms with Crippen LogP contribution in [-0.4, -0.2) is 21.1 Å². The molecule has 108 valence electrons. The van der Waals surface area contributed by atoms with Crippen LogP contribution in [0, 0.1) is 0 Å². The zero-order valence-corrected chi connectivity index (χ0v) is 13.5. The van der Waals surface area contributed by atoms with Crippen molar-refractivity contribution in [1.82, 2.24) is 19.9 Å². The molecule has 0 amide bonds. The van der Waals surface area contributed by atoms with Crippen LogP contribution in [0.5, 0.6) is 0 Å². The summed E-state index contributed by atoms with van der Waals surface area (Å²) in [6.07, 6.45) is 5.84. The van der Waals surface area contributed by atoms with Gasteiger partial charge in [-0.25, -0.2) is 4.98 Å². The highest BCUT2D eigenvalue weighted by atomic mass is 79.9. The van der Waals surface area contributed by atoms with Crippen molar-refractivity contribution in [2.24, 2.45) is 0 Å². The van der Waals surface area contributed by atoms with E-state index in [2.05, 4.69) is 55.0 Å². The van der Waals surface area contributed by atoms with Gasteiger partial charge in [0.15, 0.2) is 0 Å². The molecule has 4 nitrogen and oxygen atoms in total. The summed E-state index contributed by atoms with van der Waals surface area (Å²) in [5.74, 6) is 0. The van der Waals surface area contributed by atoms with Gasteiger partial charge >= 0.3 is 0 Å². The van der Waals surface area contributed by atoms with E-state index in [1.54, 1.807) is 0 Å². The van der Waals surface area contributed by atoms with Crippen LogP contribution in [0.1, 0.15) is 18.2 Å². The van der Waals surface area contributed by atoms with Crippen molar-refractivity contribution in [3.63, 3.8) is 0 Å². The van der Waals surface area contributed by atoms with Crippen molar-refractivity contribution in [1.29, 1.82) is 0 Å². The molecule has 1 N–H and O–H groups in total. The molecule has 0 saturated heterocycles. The molecule has 0 radical (unpaired) electrons. The van der Waals surface area contributed by atoms with Gasteiger partial charge < -0.3 is 9.88 Å². The van der Waals surface area contributed by atoms with E-state index >= 15 is 0 Å². The topological polar surface area (TPSA) is 42.7 Å². The van der Waals surface area contributed by atoms with Gasteiger partial charge in [-0.15, -0.1) is 0 Å². The summed E-state index contributed by atoms with van der Waals surface area (Å²) in [6, 6.07) is 8.16. The minimum atomic E-state index is 0.729. The van der Waals surface area contributed by atoms with Crippen molar-refractivity contribution in [2.75, 3.05) is 6.54 Å². The quantitative estimate of drug-likeness (QED) is 0.771. The molecule has 0 aliphatic carbocycles. The fourth-order valence-corrected chi connectivity index (χ4v) is 2.63. The van der Waals surface area contributed by atoms with Crippen molar-refractivity contribution < 1.29 is 0 Å². The van der Waals surface area contributed by atoms with Gasteiger partial charge in [0, 0.05) is 35.0 Å². The van der Waals surface area contributed by atoms with Crippen LogP contribution in [0.2, 0.25) is 0 Å². The van der Waals surface area contributed by atoms with E-state index in [1.807, 2.05) is 30.6 Å². The van der Waals surface area contributed by atoms with E-state index in [0.29, 0.717) is 0 Å². The molecule has 0 atom stereocenters. The lowest BCUT2D eigenvalue weighted by Crippen LogP contribution is -2.11. The van der Waals surface area contributed by atoms with Crippen molar-refractivity contribution in [3.8, 4) is 0 Å². The summed E-state index contributed by atoms with van der Waals surface area (Å²) in [5, 5.41) is 4.58. The second-order valence-corrected chi connectivity index (χ2v) is 5.82. The maximum Gasteiger partial charge on any atom is 0.140 e. The van der Waals surface area contributed by atoms with Crippen LogP contribution in [0.25, 0.3) is 11.0 Å². The predicted octanol–water partition coefficient (Wildman–Crippen LogP) is 3.35. The molecule has 3 heterocycles. The van der Waals surface area contributed by atoms with E-state index in [-0.39, 0.29) is 0 Å². The molecular formula is C16H17BrN4. The van der Waals surface area contributed by atoms with Crippen LogP contribution >= 0.6 is 15.9 Å². The number of halogens is 1. The van der Waals surface area contributed by atoms with Crippen LogP contribution in [-0.2, 0) is 13.1 Å². The number of nitrogens with zero attached hydrogens (tertiary/aromatic N) is 3. The number of pyridine rings is 2. The molecule has 0 saturated carbocycles. The summed E-state index contributed by atoms with van der Waals surface area (Å²) < 4.78 is 3.16. The van der Waals surface area contributed by atoms with Gasteiger partial charge in [0.25, 0.3) is 0 Å². The Balaban J connectivity index is 1.96. The predicted molar refractivity (Wildman–Crippen MR) is 88.2 cm³/mol. The summed E-state index contributed by atoms with van der Waals surface area (Å²) >= 11 is 3.41. The lowest BCUT2D eigenvalue weighted by Gasteiger charge is -2.04. The SMILES string of the molecule is CCNCc1cn(Cc2ccc(Br)cn2)c2ncccc12. The third-order valence-electron chi connectivity index (χ3n) is 3.40. The van der Waals surface area contributed by atoms with E-state index in [0.717, 1.165) is 35.4 Å². The molecule has 0 aromatic carbocycles. The monoisotopic (exact) mass is 344 g/mol. The summed E-state index contributed by atoms with van der Waals surface area (Å²) in [6.45, 7) is 4.66. The first-order chi connectivity index (χ1) is 10.3. The van der Waals surface area contributed by atoms with Gasteiger partial charge in [-0.1, -0.05) is 6.92 Å². The summed E-state index contributed by atoms with van der Waals surface area (Å²) in [5.41, 5.74) is 3.31. The minimum Gasteiger partial charge on any atom is -0.326 e. The number of hydrogen-bond donors (Lipinski definition) is 1. The van der Waals surface area contributed by atoms with Gasteiger partial charge in [-0.2, -0.15) is 0 Å². The molecule has 5 heteroatoms. The maximum absolute atomic E-state index is 4.52. The smallest absolute Gasteiger partial charge is 0.140 e. The van der Waals surface area contributed by atoms with Gasteiger partial charge in [0.2, 0.25) is 0 Å². The first-order valence-corrected chi connectivity index (χ1v) is 7.81. The highest BCUT2D eigenvalue weighted by Crippen LogP contribution is 2.20. The first-order valence-electron chi connectivity index (χ1n) is 7.02. The molecule has 3 aromatic rings. The van der Waals surface area contributed by atoms with Gasteiger partial charge in [0.1, 0.15) is 5.65 Å². The van der Waals surface area contributed by atoms with E-state index in [9.17, 15) is 0 Å². The number of hydrogen-bond acceptors (Lipinski definition) is 3. The van der Waals surface area contributed by atoms with Gasteiger partial charge in [-0.05, 0) is 52.3 Å². The molecule has 0 fully saturated rings. The van der Waals surface area contributed by atoms with Gasteiger partial charge in [0.05, 0.1) is 12.2 Å². The van der Waals surface area contributed by atoms with Crippen LogP contribution in [0.15, 0.2) is 47.3 Å². The molecule has 0 aliphatic heterocycles. The Kier molecular flexibility index (Phi) is 4.31. The van der Waals surface area contributed by atoms with E-state index in [1.165, 1.54) is 10.9 Å². The standard InChI is InChI=1S/C16H17BrN4/c1-2-18-8-12-10-21(16-15(12)4-3-7-19-16)11-14-6-5-13(17)9-20-14/h3-7,9-10,18H,2,8,11H2,1H3. The third kappa shape index (κ3) is 3.14. The number of aromatic nitrogens is 3. The lowest BCUT2D eigenvalue weighted by atomic mass is 10.2. The zero-order valence-electron chi connectivity index (χ0n) is 11.9. The Bertz CT molecular complexity index is 734. The normalized spacial score (nSPS) is 11.1. The zero-order chi connectivity index (χ0) is 14.7. The van der Waals surface area contributed by atoms with Crippen LogP contribution in [0.3, 0.4) is 0 Å². The average Bonchev–Trinajstić information content (AvgIpc) is 2.86. The van der Waals surface area contributed by atoms with E-state index in [4.69, 9.17) is 0 Å². The van der Waals surface area contributed by atoms with Crippen molar-refractivity contribution >= 4 is 27.0 Å². The van der Waals surface area contributed by atoms with Crippen LogP contribution < -0.4 is 5.32 Å². The number of fused-ring (bicyclic) bond motifs is 1. The van der Waals surface area contributed by atoms with E-state index < -0.39 is 0 Å². The molecule has 0 aliphatic rings. The summed E-state index contributed by atoms with van der Waals surface area (Å²) in [7, 11) is 0. The maximum atomic E-state index is 4.52. The Morgan fingerprint density at radius 3 is 2.90 bits per heavy atom. The average molecular weight is 345 g/mol. The first kappa shape index (κ1) is 14.2. The lowest BCUT2D eigenvalue weighted by molar-refractivity contribution is 0.722. The molecule has 3 aromatic heterocycles. The second kappa shape index (κ2) is 6.37. The highest BCUT2D eigenvalue weighted by molar-refractivity contribution is 9.10. The molecule has 0 unspecified atom stereocenters.